The molecule has 0 bridgehead atoms. The molecule has 172 valence electrons. The number of nitrogens with zero attached hydrogens (tertiary/aromatic N) is 1. The van der Waals surface area contributed by atoms with Crippen LogP contribution in [0.25, 0.3) is 55.1 Å². The zero-order chi connectivity index (χ0) is 23.9. The van der Waals surface area contributed by atoms with Gasteiger partial charge in [0.2, 0.25) is 0 Å². The minimum Gasteiger partial charge on any atom is -0.456 e. The first kappa shape index (κ1) is 21.6. The largest absolute Gasteiger partial charge is 0.456 e. The molecule has 0 spiro atoms. The molecule has 0 saturated heterocycles. The predicted octanol–water partition coefficient (Wildman–Crippen LogP) is 9.68. The molecule has 2 aromatic heterocycles. The van der Waals surface area contributed by atoms with Gasteiger partial charge in [-0.1, -0.05) is 62.4 Å². The zero-order valence-electron chi connectivity index (χ0n) is 20.5. The minimum atomic E-state index is 0.572. The average Bonchev–Trinajstić information content (AvgIpc) is 3.26. The van der Waals surface area contributed by atoms with Gasteiger partial charge >= 0.3 is 0 Å². The normalized spacial score (nSPS) is 11.8. The molecule has 0 aliphatic carbocycles. The van der Waals surface area contributed by atoms with E-state index in [2.05, 4.69) is 111 Å². The van der Waals surface area contributed by atoms with Crippen molar-refractivity contribution >= 4 is 32.7 Å². The predicted molar refractivity (Wildman–Crippen MR) is 148 cm³/mol. The van der Waals surface area contributed by atoms with E-state index in [0.717, 1.165) is 46.0 Å². The molecule has 0 fully saturated rings. The summed E-state index contributed by atoms with van der Waals surface area (Å²) >= 11 is 0. The van der Waals surface area contributed by atoms with E-state index in [1.165, 1.54) is 33.0 Å². The highest BCUT2D eigenvalue weighted by Crippen LogP contribution is 2.37. The topological polar surface area (TPSA) is 26.0 Å². The maximum Gasteiger partial charge on any atom is 0.136 e. The molecular weight excluding hydrogens is 426 g/mol. The Labute approximate surface area is 206 Å². The van der Waals surface area contributed by atoms with Crippen LogP contribution < -0.4 is 0 Å². The Bertz CT molecular complexity index is 1690. The molecule has 0 aliphatic rings. The van der Waals surface area contributed by atoms with E-state index >= 15 is 0 Å². The van der Waals surface area contributed by atoms with Crippen molar-refractivity contribution in [3.05, 3.63) is 102 Å². The van der Waals surface area contributed by atoms with Crippen LogP contribution in [0.3, 0.4) is 0 Å². The number of aryl methyl sites for hydroxylation is 1. The highest BCUT2D eigenvalue weighted by molar-refractivity contribution is 6.08. The molecule has 0 amide bonds. The van der Waals surface area contributed by atoms with E-state index in [1.54, 1.807) is 0 Å². The van der Waals surface area contributed by atoms with E-state index in [-0.39, 0.29) is 0 Å². The van der Waals surface area contributed by atoms with Gasteiger partial charge < -0.3 is 4.42 Å². The van der Waals surface area contributed by atoms with Crippen molar-refractivity contribution in [1.29, 1.82) is 0 Å². The van der Waals surface area contributed by atoms with Gasteiger partial charge in [-0.15, -0.1) is 0 Å². The summed E-state index contributed by atoms with van der Waals surface area (Å²) in [5, 5.41) is 4.83. The van der Waals surface area contributed by atoms with Crippen LogP contribution in [0.2, 0.25) is 0 Å². The van der Waals surface area contributed by atoms with E-state index in [1.807, 2.05) is 6.20 Å². The maximum atomic E-state index is 6.31. The molecule has 2 nitrogen and oxygen atoms in total. The summed E-state index contributed by atoms with van der Waals surface area (Å²) in [6.07, 6.45) is 4.21. The standard InChI is InChI=1S/C33H29NO/c1-4-22(5-2)23-14-15-34-31(19-23)26-10-12-28-30-18-25(11-13-32(30)35-33(28)20-26)29-17-21(3)16-24-8-6-7-9-27(24)29/h6-20,22H,4-5H2,1-3H3. The van der Waals surface area contributed by atoms with Crippen molar-refractivity contribution in [1.82, 2.24) is 4.98 Å². The maximum absolute atomic E-state index is 6.31. The summed E-state index contributed by atoms with van der Waals surface area (Å²) in [6, 6.07) is 30.6. The molecule has 0 saturated carbocycles. The Morgan fingerprint density at radius 1 is 0.714 bits per heavy atom. The van der Waals surface area contributed by atoms with Crippen LogP contribution in [-0.2, 0) is 0 Å². The molecule has 35 heavy (non-hydrogen) atoms. The van der Waals surface area contributed by atoms with Crippen molar-refractivity contribution in [2.45, 2.75) is 39.5 Å². The van der Waals surface area contributed by atoms with Gasteiger partial charge in [-0.3, -0.25) is 4.98 Å². The van der Waals surface area contributed by atoms with Gasteiger partial charge in [0.1, 0.15) is 11.2 Å². The lowest BCUT2D eigenvalue weighted by molar-refractivity contribution is 0.641. The molecule has 0 aliphatic heterocycles. The average molecular weight is 456 g/mol. The lowest BCUT2D eigenvalue weighted by atomic mass is 9.93. The number of rotatable bonds is 5. The summed E-state index contributed by atoms with van der Waals surface area (Å²) in [5.41, 5.74) is 9.01. The number of benzene rings is 4. The molecule has 0 radical (unpaired) electrons. The first-order valence-corrected chi connectivity index (χ1v) is 12.6. The van der Waals surface area contributed by atoms with Crippen LogP contribution in [0.1, 0.15) is 43.7 Å². The van der Waals surface area contributed by atoms with Gasteiger partial charge in [-0.25, -0.2) is 0 Å². The quantitative estimate of drug-likeness (QED) is 0.258. The van der Waals surface area contributed by atoms with E-state index in [9.17, 15) is 0 Å². The summed E-state index contributed by atoms with van der Waals surface area (Å²) in [7, 11) is 0. The molecule has 0 unspecified atom stereocenters. The van der Waals surface area contributed by atoms with Crippen LogP contribution >= 0.6 is 0 Å². The van der Waals surface area contributed by atoms with Crippen LogP contribution in [0.5, 0.6) is 0 Å². The SMILES string of the molecule is CCC(CC)c1ccnc(-c2ccc3c(c2)oc2ccc(-c4cc(C)cc5ccccc45)cc23)c1. The first-order chi connectivity index (χ1) is 17.1. The van der Waals surface area contributed by atoms with E-state index < -0.39 is 0 Å². The second-order valence-corrected chi connectivity index (χ2v) is 9.55. The Kier molecular flexibility index (Phi) is 5.37. The van der Waals surface area contributed by atoms with Crippen LogP contribution in [0.15, 0.2) is 95.5 Å². The molecule has 2 heteroatoms. The third-order valence-electron chi connectivity index (χ3n) is 7.33. The Morgan fingerprint density at radius 2 is 1.54 bits per heavy atom. The monoisotopic (exact) mass is 455 g/mol. The van der Waals surface area contributed by atoms with E-state index in [4.69, 9.17) is 4.42 Å². The van der Waals surface area contributed by atoms with Gasteiger partial charge in [0, 0.05) is 22.5 Å². The molecule has 4 aromatic carbocycles. The lowest BCUT2D eigenvalue weighted by Crippen LogP contribution is -1.96. The number of aromatic nitrogens is 1. The minimum absolute atomic E-state index is 0.572. The second kappa shape index (κ2) is 8.70. The highest BCUT2D eigenvalue weighted by atomic mass is 16.3. The van der Waals surface area contributed by atoms with Crippen molar-refractivity contribution in [3.63, 3.8) is 0 Å². The van der Waals surface area contributed by atoms with Crippen LogP contribution in [-0.4, -0.2) is 4.98 Å². The fraction of sp³-hybridized carbons (Fsp3) is 0.182. The Hall–Kier alpha value is -3.91. The molecule has 0 atom stereocenters. The van der Waals surface area contributed by atoms with Gasteiger partial charge in [0.25, 0.3) is 0 Å². The van der Waals surface area contributed by atoms with Crippen molar-refractivity contribution in [2.24, 2.45) is 0 Å². The third kappa shape index (κ3) is 3.80. The summed E-state index contributed by atoms with van der Waals surface area (Å²) in [5.74, 6) is 0.572. The molecular formula is C33H29NO. The summed E-state index contributed by atoms with van der Waals surface area (Å²) < 4.78 is 6.31. The Morgan fingerprint density at radius 3 is 2.40 bits per heavy atom. The number of hydrogen-bond donors (Lipinski definition) is 0. The van der Waals surface area contributed by atoms with Gasteiger partial charge in [-0.2, -0.15) is 0 Å². The number of hydrogen-bond acceptors (Lipinski definition) is 2. The van der Waals surface area contributed by atoms with Crippen molar-refractivity contribution < 1.29 is 4.42 Å². The number of pyridine rings is 1. The second-order valence-electron chi connectivity index (χ2n) is 9.55. The smallest absolute Gasteiger partial charge is 0.136 e. The number of furan rings is 1. The summed E-state index contributed by atoms with van der Waals surface area (Å²) in [4.78, 5) is 4.67. The van der Waals surface area contributed by atoms with Crippen LogP contribution in [0, 0.1) is 6.92 Å². The molecule has 2 heterocycles. The zero-order valence-corrected chi connectivity index (χ0v) is 20.5. The van der Waals surface area contributed by atoms with Gasteiger partial charge in [0.05, 0.1) is 5.69 Å². The summed E-state index contributed by atoms with van der Waals surface area (Å²) in [6.45, 7) is 6.67. The third-order valence-corrected chi connectivity index (χ3v) is 7.33. The number of fused-ring (bicyclic) bond motifs is 4. The van der Waals surface area contributed by atoms with Crippen molar-refractivity contribution in [2.75, 3.05) is 0 Å². The van der Waals surface area contributed by atoms with Crippen molar-refractivity contribution in [3.8, 4) is 22.4 Å². The Balaban J connectivity index is 1.46. The van der Waals surface area contributed by atoms with Crippen LogP contribution in [0.4, 0.5) is 0 Å². The molecule has 6 rings (SSSR count). The lowest BCUT2D eigenvalue weighted by Gasteiger charge is -2.13. The van der Waals surface area contributed by atoms with Gasteiger partial charge in [0.15, 0.2) is 0 Å². The molecule has 0 N–H and O–H groups in total. The fourth-order valence-corrected chi connectivity index (χ4v) is 5.42. The van der Waals surface area contributed by atoms with Gasteiger partial charge in [-0.05, 0) is 95.1 Å². The molecule has 6 aromatic rings. The van der Waals surface area contributed by atoms with E-state index in [0.29, 0.717) is 5.92 Å². The highest BCUT2D eigenvalue weighted by Gasteiger charge is 2.13. The first-order valence-electron chi connectivity index (χ1n) is 12.6. The fourth-order valence-electron chi connectivity index (χ4n) is 5.42.